The largest absolute Gasteiger partial charge is 0.497 e. The van der Waals surface area contributed by atoms with E-state index in [1.54, 1.807) is 43.5 Å². The number of nitrogens with two attached hydrogens (primary N) is 2. The number of benzene rings is 3. The van der Waals surface area contributed by atoms with Gasteiger partial charge in [0.2, 0.25) is 0 Å². The van der Waals surface area contributed by atoms with Crippen LogP contribution in [0.5, 0.6) is 11.5 Å². The Morgan fingerprint density at radius 3 is 2.15 bits per heavy atom. The van der Waals surface area contributed by atoms with E-state index in [0.29, 0.717) is 28.6 Å². The molecule has 0 saturated heterocycles. The Morgan fingerprint density at radius 2 is 1.50 bits per heavy atom. The minimum atomic E-state index is -0.610. The van der Waals surface area contributed by atoms with Crippen molar-refractivity contribution in [3.63, 3.8) is 0 Å². The maximum absolute atomic E-state index is 12.0. The molecule has 132 valence electrons. The molecule has 3 aromatic carbocycles. The number of nitrogen functional groups attached to an aromatic ring is 2. The molecule has 0 heterocycles. The number of anilines is 3. The fourth-order valence-electron chi connectivity index (χ4n) is 2.52. The molecule has 5 N–H and O–H groups in total. The summed E-state index contributed by atoms with van der Waals surface area (Å²) in [4.78, 5) is 12.0. The smallest absolute Gasteiger partial charge is 0.417 e. The van der Waals surface area contributed by atoms with E-state index in [1.165, 1.54) is 0 Å². The summed E-state index contributed by atoms with van der Waals surface area (Å²) in [6.07, 6.45) is -0.610. The molecular weight excluding hydrogens is 330 g/mol. The molecule has 3 aromatic rings. The highest BCUT2D eigenvalue weighted by Crippen LogP contribution is 2.32. The highest BCUT2D eigenvalue weighted by Gasteiger charge is 2.10. The molecule has 6 heteroatoms. The van der Waals surface area contributed by atoms with E-state index in [1.807, 2.05) is 30.3 Å². The number of hydrogen-bond acceptors (Lipinski definition) is 5. The summed E-state index contributed by atoms with van der Waals surface area (Å²) in [5.41, 5.74) is 15.4. The maximum Gasteiger partial charge on any atom is 0.417 e. The number of ether oxygens (including phenoxy) is 2. The second-order valence-electron chi connectivity index (χ2n) is 5.58. The van der Waals surface area contributed by atoms with Crippen LogP contribution in [0.15, 0.2) is 66.7 Å². The monoisotopic (exact) mass is 349 g/mol. The van der Waals surface area contributed by atoms with Crippen molar-refractivity contribution in [2.45, 2.75) is 0 Å². The molecule has 0 fully saturated rings. The number of rotatable bonds is 4. The Labute approximate surface area is 151 Å². The van der Waals surface area contributed by atoms with Crippen molar-refractivity contribution in [2.75, 3.05) is 23.9 Å². The summed E-state index contributed by atoms with van der Waals surface area (Å²) in [6.45, 7) is 0. The van der Waals surface area contributed by atoms with Crippen molar-refractivity contribution in [1.82, 2.24) is 0 Å². The standard InChI is InChI=1S/C20H19N3O3/c1-25-14-7-9-15(10-8-14)26-20(24)23-13-6-11-17(19(22)12-13)16-4-2-3-5-18(16)21/h2-12H,21-22H2,1H3,(H,23,24). The van der Waals surface area contributed by atoms with E-state index >= 15 is 0 Å². The van der Waals surface area contributed by atoms with E-state index in [0.717, 1.165) is 11.1 Å². The quantitative estimate of drug-likeness (QED) is 0.615. The van der Waals surface area contributed by atoms with Gasteiger partial charge in [0.05, 0.1) is 7.11 Å². The Balaban J connectivity index is 1.71. The first-order chi connectivity index (χ1) is 12.6. The van der Waals surface area contributed by atoms with Crippen molar-refractivity contribution < 1.29 is 14.3 Å². The topological polar surface area (TPSA) is 99.6 Å². The van der Waals surface area contributed by atoms with Crippen LogP contribution in [-0.4, -0.2) is 13.2 Å². The molecule has 0 aliphatic carbocycles. The third kappa shape index (κ3) is 3.87. The number of para-hydroxylation sites is 1. The van der Waals surface area contributed by atoms with Gasteiger partial charge < -0.3 is 20.9 Å². The highest BCUT2D eigenvalue weighted by molar-refractivity contribution is 5.90. The number of nitrogens with one attached hydrogen (secondary N) is 1. The van der Waals surface area contributed by atoms with Crippen LogP contribution in [0.4, 0.5) is 21.9 Å². The highest BCUT2D eigenvalue weighted by atomic mass is 16.6. The third-order valence-electron chi connectivity index (χ3n) is 3.82. The molecule has 1 amide bonds. The van der Waals surface area contributed by atoms with Gasteiger partial charge in [-0.2, -0.15) is 0 Å². The third-order valence-corrected chi connectivity index (χ3v) is 3.82. The average molecular weight is 349 g/mol. The van der Waals surface area contributed by atoms with Gasteiger partial charge in [0, 0.05) is 28.2 Å². The number of carbonyl (C=O) groups is 1. The molecule has 6 nitrogen and oxygen atoms in total. The van der Waals surface area contributed by atoms with Crippen LogP contribution in [0.25, 0.3) is 11.1 Å². The number of hydrogen-bond donors (Lipinski definition) is 3. The lowest BCUT2D eigenvalue weighted by atomic mass is 10.0. The molecule has 0 aromatic heterocycles. The Kier molecular flexibility index (Phi) is 4.94. The summed E-state index contributed by atoms with van der Waals surface area (Å²) in [6, 6.07) is 19.4. The van der Waals surface area contributed by atoms with Gasteiger partial charge in [-0.15, -0.1) is 0 Å². The Hall–Kier alpha value is -3.67. The molecule has 0 aliphatic heterocycles. The van der Waals surface area contributed by atoms with Crippen LogP contribution in [0.1, 0.15) is 0 Å². The number of methoxy groups -OCH3 is 1. The minimum absolute atomic E-state index is 0.407. The first-order valence-electron chi connectivity index (χ1n) is 7.94. The van der Waals surface area contributed by atoms with Crippen LogP contribution in [0, 0.1) is 0 Å². The fourth-order valence-corrected chi connectivity index (χ4v) is 2.52. The van der Waals surface area contributed by atoms with Crippen molar-refractivity contribution in [2.24, 2.45) is 0 Å². The minimum Gasteiger partial charge on any atom is -0.497 e. The molecule has 0 spiro atoms. The molecule has 0 unspecified atom stereocenters. The van der Waals surface area contributed by atoms with Crippen molar-refractivity contribution in [3.8, 4) is 22.6 Å². The molecule has 0 saturated carbocycles. The first-order valence-corrected chi connectivity index (χ1v) is 7.94. The van der Waals surface area contributed by atoms with Gasteiger partial charge in [-0.3, -0.25) is 5.32 Å². The molecule has 26 heavy (non-hydrogen) atoms. The molecule has 0 radical (unpaired) electrons. The van der Waals surface area contributed by atoms with E-state index in [4.69, 9.17) is 20.9 Å². The molecule has 0 bridgehead atoms. The van der Waals surface area contributed by atoms with E-state index in [9.17, 15) is 4.79 Å². The predicted molar refractivity (Wildman–Crippen MR) is 103 cm³/mol. The first kappa shape index (κ1) is 17.2. The van der Waals surface area contributed by atoms with Crippen LogP contribution in [-0.2, 0) is 0 Å². The van der Waals surface area contributed by atoms with E-state index in [-0.39, 0.29) is 0 Å². The maximum atomic E-state index is 12.0. The predicted octanol–water partition coefficient (Wildman–Crippen LogP) is 4.14. The van der Waals surface area contributed by atoms with Crippen LogP contribution >= 0.6 is 0 Å². The van der Waals surface area contributed by atoms with Gasteiger partial charge >= 0.3 is 6.09 Å². The van der Waals surface area contributed by atoms with Gasteiger partial charge in [-0.1, -0.05) is 24.3 Å². The van der Waals surface area contributed by atoms with Gasteiger partial charge in [0.15, 0.2) is 0 Å². The summed E-state index contributed by atoms with van der Waals surface area (Å²) in [5.74, 6) is 1.09. The van der Waals surface area contributed by atoms with Gasteiger partial charge in [-0.05, 0) is 42.5 Å². The Morgan fingerprint density at radius 1 is 0.846 bits per heavy atom. The van der Waals surface area contributed by atoms with Gasteiger partial charge in [0.25, 0.3) is 0 Å². The van der Waals surface area contributed by atoms with Crippen LogP contribution < -0.4 is 26.3 Å². The molecule has 0 aliphatic rings. The zero-order valence-corrected chi connectivity index (χ0v) is 14.2. The van der Waals surface area contributed by atoms with Gasteiger partial charge in [0.1, 0.15) is 11.5 Å². The summed E-state index contributed by atoms with van der Waals surface area (Å²) < 4.78 is 10.3. The SMILES string of the molecule is COc1ccc(OC(=O)Nc2ccc(-c3ccccc3N)c(N)c2)cc1. The summed E-state index contributed by atoms with van der Waals surface area (Å²) in [7, 11) is 1.57. The molecule has 0 atom stereocenters. The lowest BCUT2D eigenvalue weighted by Gasteiger charge is -2.12. The van der Waals surface area contributed by atoms with Crippen molar-refractivity contribution in [3.05, 3.63) is 66.7 Å². The van der Waals surface area contributed by atoms with E-state index < -0.39 is 6.09 Å². The fraction of sp³-hybridized carbons (Fsp3) is 0.0500. The number of amides is 1. The average Bonchev–Trinajstić information content (AvgIpc) is 2.63. The summed E-state index contributed by atoms with van der Waals surface area (Å²) >= 11 is 0. The number of carbonyl (C=O) groups excluding carboxylic acids is 1. The lowest BCUT2D eigenvalue weighted by molar-refractivity contribution is 0.215. The normalized spacial score (nSPS) is 10.2. The molecular formula is C20H19N3O3. The van der Waals surface area contributed by atoms with E-state index in [2.05, 4.69) is 5.32 Å². The zero-order valence-electron chi connectivity index (χ0n) is 14.2. The Bertz CT molecular complexity index is 924. The van der Waals surface area contributed by atoms with Crippen molar-refractivity contribution >= 4 is 23.2 Å². The second kappa shape index (κ2) is 7.48. The molecule has 3 rings (SSSR count). The lowest BCUT2D eigenvalue weighted by Crippen LogP contribution is -2.16. The van der Waals surface area contributed by atoms with Crippen LogP contribution in [0.3, 0.4) is 0 Å². The second-order valence-corrected chi connectivity index (χ2v) is 5.58. The van der Waals surface area contributed by atoms with Gasteiger partial charge in [-0.25, -0.2) is 4.79 Å². The van der Waals surface area contributed by atoms with Crippen LogP contribution in [0.2, 0.25) is 0 Å². The zero-order chi connectivity index (χ0) is 18.5. The van der Waals surface area contributed by atoms with Crippen molar-refractivity contribution in [1.29, 1.82) is 0 Å². The summed E-state index contributed by atoms with van der Waals surface area (Å²) in [5, 5.41) is 2.65.